The minimum absolute atomic E-state index is 0.346. The molecule has 27 heavy (non-hydrogen) atoms. The smallest absolute Gasteiger partial charge is 0.422 e. The van der Waals surface area contributed by atoms with Crippen molar-refractivity contribution < 1.29 is 44.7 Å². The number of carbonyl (C=O) groups is 1. The molecule has 0 spiro atoms. The van der Waals surface area contributed by atoms with Gasteiger partial charge in [-0.3, -0.25) is 4.79 Å². The summed E-state index contributed by atoms with van der Waals surface area (Å²) in [5, 5.41) is 2.30. The summed E-state index contributed by atoms with van der Waals surface area (Å²) >= 11 is 0. The maximum Gasteiger partial charge on any atom is 0.422 e. The highest BCUT2D eigenvalue weighted by Gasteiger charge is 2.47. The number of ether oxygens (including phenoxy) is 1. The second kappa shape index (κ2) is 7.16. The Hall–Kier alpha value is -2.07. The Kier molecular flexibility index (Phi) is 5.63. The lowest BCUT2D eigenvalue weighted by Gasteiger charge is -2.38. The molecule has 1 N–H and O–H groups in total. The van der Waals surface area contributed by atoms with Gasteiger partial charge in [-0.2, -0.15) is 26.3 Å². The van der Waals surface area contributed by atoms with Crippen molar-refractivity contribution in [3.05, 3.63) is 29.3 Å². The Balaban J connectivity index is 2.17. The van der Waals surface area contributed by atoms with Gasteiger partial charge >= 0.3 is 12.4 Å². The van der Waals surface area contributed by atoms with Gasteiger partial charge in [0, 0.05) is 24.4 Å². The number of amides is 1. The van der Waals surface area contributed by atoms with Crippen LogP contribution in [0, 0.1) is 5.92 Å². The molecule has 0 radical (unpaired) electrons. The van der Waals surface area contributed by atoms with Crippen molar-refractivity contribution in [1.29, 1.82) is 0 Å². The van der Waals surface area contributed by atoms with Gasteiger partial charge in [-0.1, -0.05) is 0 Å². The molecule has 0 aromatic heterocycles. The normalized spacial score (nSPS) is 18.6. The van der Waals surface area contributed by atoms with E-state index in [4.69, 9.17) is 0 Å². The van der Waals surface area contributed by atoms with Gasteiger partial charge in [0.05, 0.1) is 5.56 Å². The van der Waals surface area contributed by atoms with Crippen LogP contribution < -0.4 is 10.1 Å². The Bertz CT molecular complexity index is 691. The van der Waals surface area contributed by atoms with Gasteiger partial charge in [-0.25, -0.2) is 8.78 Å². The highest BCUT2D eigenvalue weighted by Crippen LogP contribution is 2.44. The van der Waals surface area contributed by atoms with Gasteiger partial charge in [0.2, 0.25) is 5.92 Å². The molecular formula is C16H15F8NO2. The van der Waals surface area contributed by atoms with Crippen LogP contribution in [0.25, 0.3) is 0 Å². The maximum atomic E-state index is 12.9. The third-order valence-electron chi connectivity index (χ3n) is 4.09. The predicted molar refractivity (Wildman–Crippen MR) is 77.6 cm³/mol. The first kappa shape index (κ1) is 21.2. The lowest BCUT2D eigenvalue weighted by molar-refractivity contribution is -0.153. The molecule has 0 saturated heterocycles. The first-order valence-corrected chi connectivity index (χ1v) is 7.77. The molecule has 11 heteroatoms. The van der Waals surface area contributed by atoms with E-state index in [1.807, 2.05) is 0 Å². The number of nitrogens with one attached hydrogen (secondary N) is 1. The van der Waals surface area contributed by atoms with E-state index < -0.39 is 72.5 Å². The molecule has 1 amide bonds. The van der Waals surface area contributed by atoms with Crippen molar-refractivity contribution in [3.63, 3.8) is 0 Å². The van der Waals surface area contributed by atoms with Gasteiger partial charge in [-0.15, -0.1) is 0 Å². The minimum Gasteiger partial charge on any atom is -0.484 e. The second-order valence-electron chi connectivity index (χ2n) is 6.43. The average Bonchev–Trinajstić information content (AvgIpc) is 2.48. The van der Waals surface area contributed by atoms with Crippen LogP contribution in [0.5, 0.6) is 5.75 Å². The van der Waals surface area contributed by atoms with Gasteiger partial charge < -0.3 is 10.1 Å². The summed E-state index contributed by atoms with van der Waals surface area (Å²) in [4.78, 5) is 12.1. The molecule has 1 atom stereocenters. The summed E-state index contributed by atoms with van der Waals surface area (Å²) < 4.78 is 106. The molecule has 1 aromatic rings. The fraction of sp³-hybridized carbons (Fsp3) is 0.562. The molecule has 1 fully saturated rings. The fourth-order valence-corrected chi connectivity index (χ4v) is 2.61. The molecule has 3 nitrogen and oxygen atoms in total. The summed E-state index contributed by atoms with van der Waals surface area (Å²) in [5.74, 6) is -5.19. The molecule has 1 aliphatic rings. The van der Waals surface area contributed by atoms with Gasteiger partial charge in [-0.05, 0) is 31.0 Å². The number of carbonyl (C=O) groups excluding carboxylic acids is 1. The molecule has 1 saturated carbocycles. The largest absolute Gasteiger partial charge is 0.484 e. The Morgan fingerprint density at radius 3 is 2.26 bits per heavy atom. The van der Waals surface area contributed by atoms with E-state index in [9.17, 15) is 39.9 Å². The van der Waals surface area contributed by atoms with Crippen LogP contribution >= 0.6 is 0 Å². The molecule has 1 aliphatic carbocycles. The summed E-state index contributed by atoms with van der Waals surface area (Å²) in [7, 11) is 0. The Labute approximate surface area is 148 Å². The van der Waals surface area contributed by atoms with E-state index >= 15 is 0 Å². The Morgan fingerprint density at radius 2 is 1.78 bits per heavy atom. The number of hydrogen-bond donors (Lipinski definition) is 1. The molecule has 0 bridgehead atoms. The summed E-state index contributed by atoms with van der Waals surface area (Å²) in [6.07, 6.45) is -10.6. The molecular weight excluding hydrogens is 390 g/mol. The van der Waals surface area contributed by atoms with E-state index in [0.29, 0.717) is 12.1 Å². The third kappa shape index (κ3) is 5.96. The standard InChI is InChI=1S/C16H15F8NO2/c1-8(10-5-14(17,18)6-10)25-13(26)9-2-11(16(22,23)24)4-12(3-9)27-7-15(19,20)21/h2-4,8,10H,5-7H2,1H3,(H,25,26). The molecule has 0 aliphatic heterocycles. The number of hydrogen-bond acceptors (Lipinski definition) is 2. The van der Waals surface area contributed by atoms with Crippen molar-refractivity contribution in [3.8, 4) is 5.75 Å². The van der Waals surface area contributed by atoms with E-state index in [2.05, 4.69) is 10.1 Å². The lowest BCUT2D eigenvalue weighted by Crippen LogP contribution is -2.48. The molecule has 1 aromatic carbocycles. The SMILES string of the molecule is CC(NC(=O)c1cc(OCC(F)(F)F)cc(C(F)(F)F)c1)C1CC(F)(F)C1. The summed E-state index contributed by atoms with van der Waals surface area (Å²) in [5.41, 5.74) is -1.95. The van der Waals surface area contributed by atoms with Gasteiger partial charge in [0.1, 0.15) is 5.75 Å². The zero-order chi connectivity index (χ0) is 20.6. The van der Waals surface area contributed by atoms with Crippen LogP contribution in [-0.2, 0) is 6.18 Å². The minimum atomic E-state index is -4.92. The number of benzene rings is 1. The number of alkyl halides is 8. The second-order valence-corrected chi connectivity index (χ2v) is 6.43. The molecule has 2 rings (SSSR count). The monoisotopic (exact) mass is 405 g/mol. The van der Waals surface area contributed by atoms with Gasteiger partial charge in [0.25, 0.3) is 5.91 Å². The third-order valence-corrected chi connectivity index (χ3v) is 4.09. The van der Waals surface area contributed by atoms with Crippen LogP contribution in [0.4, 0.5) is 35.1 Å². The molecule has 152 valence electrons. The highest BCUT2D eigenvalue weighted by atomic mass is 19.4. The maximum absolute atomic E-state index is 12.9. The van der Waals surface area contributed by atoms with Crippen molar-refractivity contribution in [1.82, 2.24) is 5.32 Å². The fourth-order valence-electron chi connectivity index (χ4n) is 2.61. The zero-order valence-electron chi connectivity index (χ0n) is 13.8. The molecule has 0 heterocycles. The van der Waals surface area contributed by atoms with Crippen molar-refractivity contribution in [2.75, 3.05) is 6.61 Å². The lowest BCUT2D eigenvalue weighted by atomic mass is 9.77. The van der Waals surface area contributed by atoms with Crippen LogP contribution in [0.1, 0.15) is 35.7 Å². The highest BCUT2D eigenvalue weighted by molar-refractivity contribution is 5.95. The summed E-state index contributed by atoms with van der Waals surface area (Å²) in [6, 6.07) is 0.792. The predicted octanol–water partition coefficient (Wildman–Crippen LogP) is 4.81. The topological polar surface area (TPSA) is 38.3 Å². The van der Waals surface area contributed by atoms with Crippen molar-refractivity contribution in [2.45, 2.75) is 44.1 Å². The first-order chi connectivity index (χ1) is 12.2. The average molecular weight is 405 g/mol. The quantitative estimate of drug-likeness (QED) is 0.714. The van der Waals surface area contributed by atoms with Crippen LogP contribution in [0.15, 0.2) is 18.2 Å². The van der Waals surface area contributed by atoms with Crippen molar-refractivity contribution >= 4 is 5.91 Å². The zero-order valence-corrected chi connectivity index (χ0v) is 13.8. The van der Waals surface area contributed by atoms with Crippen LogP contribution in [-0.4, -0.2) is 30.7 Å². The van der Waals surface area contributed by atoms with E-state index in [1.165, 1.54) is 6.92 Å². The van der Waals surface area contributed by atoms with Crippen LogP contribution in [0.2, 0.25) is 0 Å². The molecule has 1 unspecified atom stereocenters. The number of rotatable bonds is 5. The summed E-state index contributed by atoms with van der Waals surface area (Å²) in [6.45, 7) is -0.407. The first-order valence-electron chi connectivity index (χ1n) is 7.77. The van der Waals surface area contributed by atoms with E-state index in [0.717, 1.165) is 6.07 Å². The van der Waals surface area contributed by atoms with E-state index in [1.54, 1.807) is 0 Å². The van der Waals surface area contributed by atoms with E-state index in [-0.39, 0.29) is 0 Å². The van der Waals surface area contributed by atoms with Crippen molar-refractivity contribution in [2.24, 2.45) is 5.92 Å². The van der Waals surface area contributed by atoms with Gasteiger partial charge in [0.15, 0.2) is 6.61 Å². The van der Waals surface area contributed by atoms with Crippen LogP contribution in [0.3, 0.4) is 0 Å². The Morgan fingerprint density at radius 1 is 1.19 bits per heavy atom. The number of halogens is 8.